The van der Waals surface area contributed by atoms with Crippen molar-refractivity contribution in [3.63, 3.8) is 0 Å². The van der Waals surface area contributed by atoms with Gasteiger partial charge >= 0.3 is 0 Å². The van der Waals surface area contributed by atoms with E-state index in [1.807, 2.05) is 0 Å². The second-order valence-corrected chi connectivity index (χ2v) is 4.72. The molecule has 2 atom stereocenters. The number of hydrogen-bond acceptors (Lipinski definition) is 5. The highest BCUT2D eigenvalue weighted by molar-refractivity contribution is 4.68. The maximum atomic E-state index is 5.72. The van der Waals surface area contributed by atoms with Gasteiger partial charge in [-0.25, -0.2) is 0 Å². The van der Waals surface area contributed by atoms with Gasteiger partial charge in [0.25, 0.3) is 0 Å². The van der Waals surface area contributed by atoms with Gasteiger partial charge in [0.15, 0.2) is 0 Å². The molecule has 0 amide bonds. The first-order chi connectivity index (χ1) is 8.28. The van der Waals surface area contributed by atoms with E-state index in [0.29, 0.717) is 11.8 Å². The number of nitrogens with two attached hydrogens (primary N) is 4. The summed E-state index contributed by atoms with van der Waals surface area (Å²) in [5.74, 6) is 1.07. The van der Waals surface area contributed by atoms with Gasteiger partial charge in [0, 0.05) is 0 Å². The van der Waals surface area contributed by atoms with Crippen LogP contribution in [-0.2, 0) is 0 Å². The molecule has 5 nitrogen and oxygen atoms in total. The quantitative estimate of drug-likeness (QED) is 0.309. The first-order valence-corrected chi connectivity index (χ1v) is 6.79. The van der Waals surface area contributed by atoms with E-state index < -0.39 is 0 Å². The summed E-state index contributed by atoms with van der Waals surface area (Å²) < 4.78 is 0. The van der Waals surface area contributed by atoms with Crippen LogP contribution in [0.3, 0.4) is 0 Å². The van der Waals surface area contributed by atoms with Gasteiger partial charge in [-0.1, -0.05) is 0 Å². The second-order valence-electron chi connectivity index (χ2n) is 4.72. The molecule has 0 fully saturated rings. The van der Waals surface area contributed by atoms with E-state index in [-0.39, 0.29) is 0 Å². The molecule has 104 valence electrons. The maximum Gasteiger partial charge on any atom is -0.000833 e. The first-order valence-electron chi connectivity index (χ1n) is 6.79. The van der Waals surface area contributed by atoms with E-state index in [1.54, 1.807) is 0 Å². The molecule has 0 aliphatic rings. The van der Waals surface area contributed by atoms with Gasteiger partial charge in [-0.3, -0.25) is 0 Å². The molecule has 9 N–H and O–H groups in total. The molecule has 0 saturated carbocycles. The summed E-state index contributed by atoms with van der Waals surface area (Å²) in [5.41, 5.74) is 22.4. The SMILES string of the molecule is NCCCC(CN)CNCC(CN)CCCN. The third-order valence-electron chi connectivity index (χ3n) is 3.17. The van der Waals surface area contributed by atoms with Crippen molar-refractivity contribution < 1.29 is 0 Å². The Morgan fingerprint density at radius 1 is 0.706 bits per heavy atom. The Morgan fingerprint density at radius 3 is 1.41 bits per heavy atom. The van der Waals surface area contributed by atoms with Gasteiger partial charge in [-0.15, -0.1) is 0 Å². The van der Waals surface area contributed by atoms with Crippen molar-refractivity contribution in [2.45, 2.75) is 25.7 Å². The van der Waals surface area contributed by atoms with Crippen LogP contribution in [0.2, 0.25) is 0 Å². The van der Waals surface area contributed by atoms with Gasteiger partial charge in [-0.2, -0.15) is 0 Å². The standard InChI is InChI=1S/C12H31N5/c13-5-1-3-11(7-15)9-17-10-12(8-16)4-2-6-14/h11-12,17H,1-10,13-16H2. The molecule has 0 spiro atoms. The Hall–Kier alpha value is -0.200. The van der Waals surface area contributed by atoms with Crippen LogP contribution in [0.25, 0.3) is 0 Å². The molecule has 0 heterocycles. The summed E-state index contributed by atoms with van der Waals surface area (Å²) in [4.78, 5) is 0. The third-order valence-corrected chi connectivity index (χ3v) is 3.17. The Morgan fingerprint density at radius 2 is 1.12 bits per heavy atom. The van der Waals surface area contributed by atoms with Crippen LogP contribution in [0.5, 0.6) is 0 Å². The average Bonchev–Trinajstić information content (AvgIpc) is 2.37. The average molecular weight is 245 g/mol. The second kappa shape index (κ2) is 12.3. The summed E-state index contributed by atoms with van der Waals surface area (Å²) in [6, 6.07) is 0. The zero-order valence-electron chi connectivity index (χ0n) is 11.0. The van der Waals surface area contributed by atoms with Crippen LogP contribution in [-0.4, -0.2) is 39.3 Å². The predicted molar refractivity (Wildman–Crippen MR) is 74.5 cm³/mol. The molecule has 17 heavy (non-hydrogen) atoms. The largest absolute Gasteiger partial charge is 0.330 e. The minimum Gasteiger partial charge on any atom is -0.330 e. The Kier molecular flexibility index (Phi) is 12.1. The predicted octanol–water partition coefficient (Wildman–Crippen LogP) is -0.796. The molecule has 0 rings (SSSR count). The lowest BCUT2D eigenvalue weighted by molar-refractivity contribution is 0.395. The van der Waals surface area contributed by atoms with E-state index in [0.717, 1.165) is 65.0 Å². The first kappa shape index (κ1) is 16.8. The minimum absolute atomic E-state index is 0.534. The van der Waals surface area contributed by atoms with Crippen LogP contribution < -0.4 is 28.3 Å². The molecular weight excluding hydrogens is 214 g/mol. The van der Waals surface area contributed by atoms with Crippen molar-refractivity contribution in [3.05, 3.63) is 0 Å². The zero-order valence-corrected chi connectivity index (χ0v) is 11.0. The molecule has 2 unspecified atom stereocenters. The monoisotopic (exact) mass is 245 g/mol. The van der Waals surface area contributed by atoms with Gasteiger partial charge < -0.3 is 28.3 Å². The molecule has 0 aliphatic carbocycles. The van der Waals surface area contributed by atoms with Gasteiger partial charge in [0.1, 0.15) is 0 Å². The Labute approximate surface area is 106 Å². The molecule has 0 aromatic heterocycles. The van der Waals surface area contributed by atoms with Crippen molar-refractivity contribution in [3.8, 4) is 0 Å². The molecular formula is C12H31N5. The third kappa shape index (κ3) is 9.50. The van der Waals surface area contributed by atoms with E-state index in [1.165, 1.54) is 0 Å². The summed E-state index contributed by atoms with van der Waals surface area (Å²) in [5, 5.41) is 3.46. The van der Waals surface area contributed by atoms with Crippen LogP contribution in [0, 0.1) is 11.8 Å². The molecule has 0 aromatic rings. The Balaban J connectivity index is 3.61. The van der Waals surface area contributed by atoms with Crippen LogP contribution in [0.15, 0.2) is 0 Å². The fraction of sp³-hybridized carbons (Fsp3) is 1.00. The molecule has 0 aromatic carbocycles. The summed E-state index contributed by atoms with van der Waals surface area (Å²) >= 11 is 0. The van der Waals surface area contributed by atoms with Crippen LogP contribution in [0.1, 0.15) is 25.7 Å². The smallest absolute Gasteiger partial charge is 0.000833 e. The highest BCUT2D eigenvalue weighted by Crippen LogP contribution is 2.05. The molecule has 0 aliphatic heterocycles. The lowest BCUT2D eigenvalue weighted by Gasteiger charge is -2.19. The molecule has 0 bridgehead atoms. The van der Waals surface area contributed by atoms with Gasteiger partial charge in [0.2, 0.25) is 0 Å². The summed E-state index contributed by atoms with van der Waals surface area (Å²) in [6.45, 7) is 4.88. The fourth-order valence-corrected chi connectivity index (χ4v) is 1.91. The van der Waals surface area contributed by atoms with Crippen molar-refractivity contribution in [2.24, 2.45) is 34.8 Å². The number of rotatable bonds is 12. The van der Waals surface area contributed by atoms with E-state index in [4.69, 9.17) is 22.9 Å². The summed E-state index contributed by atoms with van der Waals surface area (Å²) in [6.07, 6.45) is 4.32. The minimum atomic E-state index is 0.534. The fourth-order valence-electron chi connectivity index (χ4n) is 1.91. The highest BCUT2D eigenvalue weighted by atomic mass is 14.9. The van der Waals surface area contributed by atoms with E-state index >= 15 is 0 Å². The van der Waals surface area contributed by atoms with E-state index in [2.05, 4.69) is 5.32 Å². The van der Waals surface area contributed by atoms with Gasteiger partial charge in [-0.05, 0) is 76.8 Å². The number of nitrogens with one attached hydrogen (secondary N) is 1. The zero-order chi connectivity index (χ0) is 12.9. The van der Waals surface area contributed by atoms with Crippen LogP contribution in [0.4, 0.5) is 0 Å². The van der Waals surface area contributed by atoms with Crippen molar-refractivity contribution in [2.75, 3.05) is 39.3 Å². The lowest BCUT2D eigenvalue weighted by atomic mass is 10.0. The molecule has 0 saturated heterocycles. The van der Waals surface area contributed by atoms with Crippen molar-refractivity contribution in [1.29, 1.82) is 0 Å². The number of hydrogen-bond donors (Lipinski definition) is 5. The maximum absolute atomic E-state index is 5.72. The summed E-state index contributed by atoms with van der Waals surface area (Å²) in [7, 11) is 0. The normalized spacial score (nSPS) is 14.8. The van der Waals surface area contributed by atoms with E-state index in [9.17, 15) is 0 Å². The van der Waals surface area contributed by atoms with Crippen molar-refractivity contribution >= 4 is 0 Å². The topological polar surface area (TPSA) is 116 Å². The van der Waals surface area contributed by atoms with Gasteiger partial charge in [0.05, 0.1) is 0 Å². The highest BCUT2D eigenvalue weighted by Gasteiger charge is 2.09. The molecule has 0 radical (unpaired) electrons. The van der Waals surface area contributed by atoms with Crippen molar-refractivity contribution in [1.82, 2.24) is 5.32 Å². The van der Waals surface area contributed by atoms with Crippen LogP contribution >= 0.6 is 0 Å². The Bertz CT molecular complexity index is 138. The molecule has 5 heteroatoms. The lowest BCUT2D eigenvalue weighted by Crippen LogP contribution is -2.34.